The molecule has 1 saturated carbocycles. The van der Waals surface area contributed by atoms with Gasteiger partial charge in [-0.1, -0.05) is 112 Å². The summed E-state index contributed by atoms with van der Waals surface area (Å²) in [6, 6.07) is 14.4. The Balaban J connectivity index is 1.43. The maximum atomic E-state index is 13.7. The van der Waals surface area contributed by atoms with E-state index in [1.54, 1.807) is 0 Å². The summed E-state index contributed by atoms with van der Waals surface area (Å²) in [5.41, 5.74) is 5.61. The number of Topliss-reactive ketones (excluding diaryl/α,β-unsaturated/α-hetero) is 1. The van der Waals surface area contributed by atoms with Crippen molar-refractivity contribution >= 4 is 17.5 Å². The van der Waals surface area contributed by atoms with Crippen LogP contribution in [0, 0.1) is 11.8 Å². The van der Waals surface area contributed by atoms with Gasteiger partial charge in [-0.25, -0.2) is 4.79 Å². The smallest absolute Gasteiger partial charge is 0.317 e. The number of rotatable bonds is 6. The zero-order valence-corrected chi connectivity index (χ0v) is 20.6. The molecule has 0 saturated heterocycles. The van der Waals surface area contributed by atoms with Gasteiger partial charge in [0.15, 0.2) is 0 Å². The fraction of sp³-hybridized carbons (Fsp3) is 0.387. The third-order valence-corrected chi connectivity index (χ3v) is 7.84. The normalized spacial score (nSPS) is 20.9. The van der Waals surface area contributed by atoms with Crippen LogP contribution in [0.1, 0.15) is 80.3 Å². The van der Waals surface area contributed by atoms with Crippen molar-refractivity contribution < 1.29 is 14.4 Å². The van der Waals surface area contributed by atoms with Crippen LogP contribution in [0.2, 0.25) is 0 Å². The van der Waals surface area contributed by atoms with Gasteiger partial charge in [0.2, 0.25) is 5.78 Å². The van der Waals surface area contributed by atoms with E-state index >= 15 is 0 Å². The average Bonchev–Trinajstić information content (AvgIpc) is 3.13. The Kier molecular flexibility index (Phi) is 6.55. The summed E-state index contributed by atoms with van der Waals surface area (Å²) in [4.78, 5) is 31.7. The summed E-state index contributed by atoms with van der Waals surface area (Å²) in [5, 5.41) is 4.20. The SMILES string of the molecule is CC1(C)c2ccccc2-c2ccc(C(=O)/C(CC3CCCCC3)=N/OC(=O)C3C=CC=CC3)cc21. The lowest BCUT2D eigenvalue weighted by Crippen LogP contribution is -2.23. The predicted molar refractivity (Wildman–Crippen MR) is 139 cm³/mol. The Morgan fingerprint density at radius 1 is 0.971 bits per heavy atom. The van der Waals surface area contributed by atoms with Gasteiger partial charge in [0.1, 0.15) is 5.71 Å². The van der Waals surface area contributed by atoms with Crippen molar-refractivity contribution in [3.8, 4) is 11.1 Å². The van der Waals surface area contributed by atoms with Crippen LogP contribution < -0.4 is 0 Å². The van der Waals surface area contributed by atoms with Crippen LogP contribution in [0.5, 0.6) is 0 Å². The summed E-state index contributed by atoms with van der Waals surface area (Å²) in [6.07, 6.45) is 14.4. The highest BCUT2D eigenvalue weighted by molar-refractivity contribution is 6.46. The molecule has 2 aromatic carbocycles. The molecule has 4 nitrogen and oxygen atoms in total. The Labute approximate surface area is 207 Å². The first-order valence-electron chi connectivity index (χ1n) is 12.9. The molecule has 2 aromatic rings. The zero-order chi connectivity index (χ0) is 24.4. The van der Waals surface area contributed by atoms with E-state index in [-0.39, 0.29) is 17.1 Å². The molecule has 1 fully saturated rings. The number of ketones is 1. The molecular weight excluding hydrogens is 434 g/mol. The predicted octanol–water partition coefficient (Wildman–Crippen LogP) is 7.18. The van der Waals surface area contributed by atoms with Crippen molar-refractivity contribution in [2.75, 3.05) is 0 Å². The third-order valence-electron chi connectivity index (χ3n) is 7.84. The van der Waals surface area contributed by atoms with Crippen molar-refractivity contribution in [3.63, 3.8) is 0 Å². The van der Waals surface area contributed by atoms with Gasteiger partial charge in [-0.3, -0.25) is 4.79 Å². The fourth-order valence-electron chi connectivity index (χ4n) is 5.77. The van der Waals surface area contributed by atoms with Crippen molar-refractivity contribution in [3.05, 3.63) is 83.5 Å². The van der Waals surface area contributed by atoms with E-state index in [1.807, 2.05) is 36.4 Å². The maximum absolute atomic E-state index is 13.7. The monoisotopic (exact) mass is 467 g/mol. The van der Waals surface area contributed by atoms with E-state index in [9.17, 15) is 9.59 Å². The largest absolute Gasteiger partial charge is 0.342 e. The number of oxime groups is 1. The minimum atomic E-state index is -0.412. The van der Waals surface area contributed by atoms with Crippen molar-refractivity contribution in [1.82, 2.24) is 0 Å². The van der Waals surface area contributed by atoms with Gasteiger partial charge < -0.3 is 4.84 Å². The van der Waals surface area contributed by atoms with Gasteiger partial charge in [-0.05, 0) is 47.1 Å². The number of hydrogen-bond donors (Lipinski definition) is 0. The molecule has 0 spiro atoms. The molecule has 0 amide bonds. The van der Waals surface area contributed by atoms with Gasteiger partial charge in [-0.2, -0.15) is 0 Å². The van der Waals surface area contributed by atoms with Gasteiger partial charge in [-0.15, -0.1) is 0 Å². The minimum absolute atomic E-state index is 0.142. The van der Waals surface area contributed by atoms with Crippen LogP contribution in [0.3, 0.4) is 0 Å². The Bertz CT molecular complexity index is 1230. The van der Waals surface area contributed by atoms with Crippen LogP contribution >= 0.6 is 0 Å². The minimum Gasteiger partial charge on any atom is -0.317 e. The number of hydrogen-bond acceptors (Lipinski definition) is 4. The molecule has 0 aliphatic heterocycles. The molecule has 35 heavy (non-hydrogen) atoms. The lowest BCUT2D eigenvalue weighted by molar-refractivity contribution is -0.146. The molecule has 4 heteroatoms. The van der Waals surface area contributed by atoms with Crippen LogP contribution in [0.4, 0.5) is 0 Å². The second-order valence-corrected chi connectivity index (χ2v) is 10.6. The summed E-state index contributed by atoms with van der Waals surface area (Å²) in [7, 11) is 0. The zero-order valence-electron chi connectivity index (χ0n) is 20.6. The third kappa shape index (κ3) is 4.67. The van der Waals surface area contributed by atoms with E-state index in [0.29, 0.717) is 30.0 Å². The van der Waals surface area contributed by atoms with E-state index in [2.05, 4.69) is 49.3 Å². The summed E-state index contributed by atoms with van der Waals surface area (Å²) < 4.78 is 0. The molecule has 5 rings (SSSR count). The summed E-state index contributed by atoms with van der Waals surface area (Å²) in [6.45, 7) is 4.41. The molecule has 1 unspecified atom stereocenters. The quantitative estimate of drug-likeness (QED) is 0.196. The van der Waals surface area contributed by atoms with Crippen LogP contribution in [-0.2, 0) is 15.0 Å². The lowest BCUT2D eigenvalue weighted by atomic mass is 9.81. The highest BCUT2D eigenvalue weighted by atomic mass is 16.7. The summed E-state index contributed by atoms with van der Waals surface area (Å²) >= 11 is 0. The molecular formula is C31H33NO3. The van der Waals surface area contributed by atoms with Crippen LogP contribution in [0.25, 0.3) is 11.1 Å². The van der Waals surface area contributed by atoms with Gasteiger partial charge in [0.25, 0.3) is 0 Å². The molecule has 0 bridgehead atoms. The highest BCUT2D eigenvalue weighted by Crippen LogP contribution is 2.48. The molecule has 0 aromatic heterocycles. The van der Waals surface area contributed by atoms with Gasteiger partial charge in [0, 0.05) is 11.0 Å². The molecule has 0 N–H and O–H groups in total. The molecule has 3 aliphatic carbocycles. The van der Waals surface area contributed by atoms with E-state index < -0.39 is 5.97 Å². The molecule has 0 radical (unpaired) electrons. The van der Waals surface area contributed by atoms with Crippen molar-refractivity contribution in [2.24, 2.45) is 17.0 Å². The number of carbonyl (C=O) groups is 2. The maximum Gasteiger partial charge on any atom is 0.342 e. The van der Waals surface area contributed by atoms with Gasteiger partial charge >= 0.3 is 5.97 Å². The number of allylic oxidation sites excluding steroid dienone is 3. The van der Waals surface area contributed by atoms with E-state index in [1.165, 1.54) is 36.0 Å². The first kappa shape index (κ1) is 23.5. The van der Waals surface area contributed by atoms with Crippen LogP contribution in [-0.4, -0.2) is 17.5 Å². The van der Waals surface area contributed by atoms with Gasteiger partial charge in [0.05, 0.1) is 5.92 Å². The number of benzene rings is 2. The van der Waals surface area contributed by atoms with E-state index in [0.717, 1.165) is 18.4 Å². The van der Waals surface area contributed by atoms with E-state index in [4.69, 9.17) is 4.84 Å². The summed E-state index contributed by atoms with van der Waals surface area (Å²) in [5.74, 6) is -0.506. The second-order valence-electron chi connectivity index (χ2n) is 10.6. The standard InChI is InChI=1S/C31H33NO3/c1-31(2)26-16-10-9-15-24(26)25-18-17-23(20-27(25)31)29(33)28(19-21-11-5-3-6-12-21)32-35-30(34)22-13-7-4-8-14-22/h4,7-10,13,15-18,20-22H,3,5-6,11-12,14,19H2,1-2H3/b32-28+. The molecule has 0 heterocycles. The van der Waals surface area contributed by atoms with Crippen molar-refractivity contribution in [2.45, 2.75) is 64.2 Å². The molecule has 180 valence electrons. The second kappa shape index (κ2) is 9.77. The van der Waals surface area contributed by atoms with Crippen molar-refractivity contribution in [1.29, 1.82) is 0 Å². The fourth-order valence-corrected chi connectivity index (χ4v) is 5.77. The first-order chi connectivity index (χ1) is 16.9. The average molecular weight is 468 g/mol. The first-order valence-corrected chi connectivity index (χ1v) is 12.9. The Morgan fingerprint density at radius 2 is 1.74 bits per heavy atom. The lowest BCUT2D eigenvalue weighted by Gasteiger charge is -2.23. The highest BCUT2D eigenvalue weighted by Gasteiger charge is 2.36. The number of fused-ring (bicyclic) bond motifs is 3. The Morgan fingerprint density at radius 3 is 2.51 bits per heavy atom. The van der Waals surface area contributed by atoms with Crippen LogP contribution in [0.15, 0.2) is 71.9 Å². The number of carbonyl (C=O) groups excluding carboxylic acids is 2. The Hall–Kier alpha value is -3.27. The number of nitrogens with zero attached hydrogens (tertiary/aromatic N) is 1. The topological polar surface area (TPSA) is 55.7 Å². The molecule has 1 atom stereocenters. The molecule has 3 aliphatic rings.